The van der Waals surface area contributed by atoms with Crippen molar-refractivity contribution >= 4 is 11.6 Å². The molecule has 0 fully saturated rings. The van der Waals surface area contributed by atoms with Gasteiger partial charge in [0.05, 0.1) is 12.6 Å². The summed E-state index contributed by atoms with van der Waals surface area (Å²) in [6.07, 6.45) is 0.941. The number of rotatable bonds is 4. The minimum atomic E-state index is -0.176. The summed E-state index contributed by atoms with van der Waals surface area (Å²) in [6.45, 7) is 5.47. The minimum Gasteiger partial charge on any atom is -0.395 e. The van der Waals surface area contributed by atoms with Gasteiger partial charge in [-0.1, -0.05) is 38.5 Å². The number of anilines is 1. The molecule has 0 spiro atoms. The standard InChI is InChI=1S/C15H22N2O2/c1-3-11(2)14-15(19)16-13-7-5-4-6-12(13)10-17(14)8-9-18/h4-7,11,14,18H,3,8-10H2,1-2H3,(H,16,19)/t11-,14-/m0/s1. The van der Waals surface area contributed by atoms with Crippen molar-refractivity contribution in [3.05, 3.63) is 29.8 Å². The van der Waals surface area contributed by atoms with Gasteiger partial charge in [-0.15, -0.1) is 0 Å². The Kier molecular flexibility index (Phi) is 4.56. The van der Waals surface area contributed by atoms with E-state index in [4.69, 9.17) is 0 Å². The highest BCUT2D eigenvalue weighted by atomic mass is 16.3. The van der Waals surface area contributed by atoms with Crippen LogP contribution in [-0.2, 0) is 11.3 Å². The Morgan fingerprint density at radius 2 is 2.21 bits per heavy atom. The van der Waals surface area contributed by atoms with Crippen molar-refractivity contribution in [1.82, 2.24) is 4.90 Å². The van der Waals surface area contributed by atoms with Crippen molar-refractivity contribution in [2.75, 3.05) is 18.5 Å². The number of carbonyl (C=O) groups is 1. The first-order chi connectivity index (χ1) is 9.17. The molecule has 4 nitrogen and oxygen atoms in total. The van der Waals surface area contributed by atoms with E-state index in [9.17, 15) is 9.90 Å². The highest BCUT2D eigenvalue weighted by Gasteiger charge is 2.33. The average molecular weight is 262 g/mol. The Bertz CT molecular complexity index is 448. The Balaban J connectivity index is 2.33. The van der Waals surface area contributed by atoms with Gasteiger partial charge in [0.1, 0.15) is 0 Å². The summed E-state index contributed by atoms with van der Waals surface area (Å²) < 4.78 is 0. The Hall–Kier alpha value is -1.39. The minimum absolute atomic E-state index is 0.0350. The largest absolute Gasteiger partial charge is 0.395 e. The first-order valence-corrected chi connectivity index (χ1v) is 6.91. The number of nitrogens with zero attached hydrogens (tertiary/aromatic N) is 1. The second kappa shape index (κ2) is 6.17. The molecule has 0 aromatic heterocycles. The lowest BCUT2D eigenvalue weighted by molar-refractivity contribution is -0.123. The van der Waals surface area contributed by atoms with Crippen molar-refractivity contribution in [2.45, 2.75) is 32.9 Å². The van der Waals surface area contributed by atoms with Crippen LogP contribution in [0.5, 0.6) is 0 Å². The van der Waals surface area contributed by atoms with Gasteiger partial charge >= 0.3 is 0 Å². The zero-order valence-corrected chi connectivity index (χ0v) is 11.6. The van der Waals surface area contributed by atoms with Crippen molar-refractivity contribution in [3.8, 4) is 0 Å². The van der Waals surface area contributed by atoms with E-state index in [1.54, 1.807) is 0 Å². The number of para-hydroxylation sites is 1. The van der Waals surface area contributed by atoms with Crippen molar-refractivity contribution in [2.24, 2.45) is 5.92 Å². The molecule has 104 valence electrons. The molecule has 0 bridgehead atoms. The van der Waals surface area contributed by atoms with Crippen molar-refractivity contribution < 1.29 is 9.90 Å². The topological polar surface area (TPSA) is 52.6 Å². The van der Waals surface area contributed by atoms with E-state index >= 15 is 0 Å². The summed E-state index contributed by atoms with van der Waals surface area (Å²) in [7, 11) is 0. The molecule has 2 atom stereocenters. The smallest absolute Gasteiger partial charge is 0.242 e. The maximum Gasteiger partial charge on any atom is 0.242 e. The number of benzene rings is 1. The van der Waals surface area contributed by atoms with Gasteiger partial charge < -0.3 is 10.4 Å². The molecule has 0 radical (unpaired) electrons. The molecule has 0 saturated carbocycles. The summed E-state index contributed by atoms with van der Waals surface area (Å²) in [5, 5.41) is 12.3. The van der Waals surface area contributed by atoms with E-state index in [0.717, 1.165) is 17.7 Å². The maximum absolute atomic E-state index is 12.4. The molecule has 1 amide bonds. The predicted molar refractivity (Wildman–Crippen MR) is 75.8 cm³/mol. The maximum atomic E-state index is 12.4. The van der Waals surface area contributed by atoms with Gasteiger partial charge in [-0.2, -0.15) is 0 Å². The number of hydrogen-bond acceptors (Lipinski definition) is 3. The highest BCUT2D eigenvalue weighted by molar-refractivity contribution is 5.96. The molecule has 4 heteroatoms. The van der Waals surface area contributed by atoms with E-state index in [2.05, 4.69) is 24.1 Å². The molecular formula is C15H22N2O2. The van der Waals surface area contributed by atoms with Crippen molar-refractivity contribution in [1.29, 1.82) is 0 Å². The SMILES string of the molecule is CC[C@H](C)[C@H]1C(=O)Nc2ccccc2CN1CCO. The lowest BCUT2D eigenvalue weighted by Gasteiger charge is -2.31. The number of carbonyl (C=O) groups excluding carboxylic acids is 1. The van der Waals surface area contributed by atoms with E-state index in [-0.39, 0.29) is 24.5 Å². The average Bonchev–Trinajstić information content (AvgIpc) is 2.54. The fourth-order valence-corrected chi connectivity index (χ4v) is 2.66. The molecule has 1 aliphatic rings. The van der Waals surface area contributed by atoms with Gasteiger partial charge in [0.2, 0.25) is 5.91 Å². The molecule has 19 heavy (non-hydrogen) atoms. The van der Waals surface area contributed by atoms with Gasteiger partial charge in [0, 0.05) is 18.8 Å². The van der Waals surface area contributed by atoms with Crippen LogP contribution in [-0.4, -0.2) is 35.1 Å². The summed E-state index contributed by atoms with van der Waals surface area (Å²) in [4.78, 5) is 14.5. The van der Waals surface area contributed by atoms with Crippen LogP contribution in [0.4, 0.5) is 5.69 Å². The quantitative estimate of drug-likeness (QED) is 0.870. The lowest BCUT2D eigenvalue weighted by Crippen LogP contribution is -2.47. The predicted octanol–water partition coefficient (Wildman–Crippen LogP) is 1.85. The third-order valence-electron chi connectivity index (χ3n) is 3.88. The van der Waals surface area contributed by atoms with E-state index in [1.165, 1.54) is 0 Å². The molecule has 1 aromatic carbocycles. The molecule has 2 rings (SSSR count). The van der Waals surface area contributed by atoms with Crippen LogP contribution in [0, 0.1) is 5.92 Å². The van der Waals surface area contributed by atoms with Gasteiger partial charge in [-0.25, -0.2) is 0 Å². The Morgan fingerprint density at radius 3 is 2.89 bits per heavy atom. The number of β-amino-alcohol motifs (C(OH)–C–C–N with tert-alkyl or cyclic N) is 1. The van der Waals surface area contributed by atoms with Gasteiger partial charge in [-0.05, 0) is 17.5 Å². The normalized spacial score (nSPS) is 21.4. The van der Waals surface area contributed by atoms with Crippen LogP contribution in [0.1, 0.15) is 25.8 Å². The summed E-state index contributed by atoms with van der Waals surface area (Å²) in [6, 6.07) is 7.69. The Morgan fingerprint density at radius 1 is 1.47 bits per heavy atom. The lowest BCUT2D eigenvalue weighted by atomic mass is 9.97. The summed E-state index contributed by atoms with van der Waals surface area (Å²) in [5.41, 5.74) is 2.00. The molecule has 0 unspecified atom stereocenters. The van der Waals surface area contributed by atoms with E-state index < -0.39 is 0 Å². The van der Waals surface area contributed by atoms with Crippen LogP contribution in [0.3, 0.4) is 0 Å². The molecule has 2 N–H and O–H groups in total. The number of fused-ring (bicyclic) bond motifs is 1. The molecular weight excluding hydrogens is 240 g/mol. The van der Waals surface area contributed by atoms with Crippen LogP contribution < -0.4 is 5.32 Å². The molecule has 0 aliphatic carbocycles. The van der Waals surface area contributed by atoms with Crippen molar-refractivity contribution in [3.63, 3.8) is 0 Å². The second-order valence-electron chi connectivity index (χ2n) is 5.17. The van der Waals surface area contributed by atoms with Gasteiger partial charge in [0.15, 0.2) is 0 Å². The Labute approximate surface area is 114 Å². The highest BCUT2D eigenvalue weighted by Crippen LogP contribution is 2.26. The second-order valence-corrected chi connectivity index (χ2v) is 5.17. The number of aliphatic hydroxyl groups is 1. The fourth-order valence-electron chi connectivity index (χ4n) is 2.66. The summed E-state index contributed by atoms with van der Waals surface area (Å²) in [5.74, 6) is 0.300. The van der Waals surface area contributed by atoms with Crippen LogP contribution in [0.25, 0.3) is 0 Å². The number of aliphatic hydroxyl groups excluding tert-OH is 1. The van der Waals surface area contributed by atoms with Crippen LogP contribution >= 0.6 is 0 Å². The molecule has 1 heterocycles. The fraction of sp³-hybridized carbons (Fsp3) is 0.533. The first-order valence-electron chi connectivity index (χ1n) is 6.91. The summed E-state index contributed by atoms with van der Waals surface area (Å²) >= 11 is 0. The zero-order chi connectivity index (χ0) is 13.8. The molecule has 1 aliphatic heterocycles. The van der Waals surface area contributed by atoms with E-state index in [0.29, 0.717) is 13.1 Å². The first kappa shape index (κ1) is 14.0. The van der Waals surface area contributed by atoms with Crippen LogP contribution in [0.2, 0.25) is 0 Å². The van der Waals surface area contributed by atoms with Gasteiger partial charge in [-0.3, -0.25) is 9.69 Å². The third kappa shape index (κ3) is 2.96. The number of nitrogens with one attached hydrogen (secondary N) is 1. The number of amides is 1. The zero-order valence-electron chi connectivity index (χ0n) is 11.6. The monoisotopic (exact) mass is 262 g/mol. The van der Waals surface area contributed by atoms with Gasteiger partial charge in [0.25, 0.3) is 0 Å². The molecule has 0 saturated heterocycles. The number of hydrogen-bond donors (Lipinski definition) is 2. The van der Waals surface area contributed by atoms with E-state index in [1.807, 2.05) is 24.3 Å². The third-order valence-corrected chi connectivity index (χ3v) is 3.88. The van der Waals surface area contributed by atoms with Crippen LogP contribution in [0.15, 0.2) is 24.3 Å². The molecule has 1 aromatic rings.